The van der Waals surface area contributed by atoms with Gasteiger partial charge in [-0.05, 0) is 77.1 Å². The summed E-state index contributed by atoms with van der Waals surface area (Å²) in [4.78, 5) is 2.39. The van der Waals surface area contributed by atoms with Crippen molar-refractivity contribution < 1.29 is 13.2 Å². The van der Waals surface area contributed by atoms with Crippen LogP contribution in [0, 0.1) is 5.92 Å². The Balaban J connectivity index is 1.41. The van der Waals surface area contributed by atoms with Crippen LogP contribution in [0.1, 0.15) is 47.0 Å². The fourth-order valence-corrected chi connectivity index (χ4v) is 5.67. The van der Waals surface area contributed by atoms with Crippen LogP contribution in [0.25, 0.3) is 0 Å². The second-order valence-corrected chi connectivity index (χ2v) is 11.3. The van der Waals surface area contributed by atoms with Gasteiger partial charge in [-0.1, -0.05) is 0 Å². The van der Waals surface area contributed by atoms with Gasteiger partial charge in [-0.25, -0.2) is 12.7 Å². The number of sulfonamides is 1. The van der Waals surface area contributed by atoms with Crippen LogP contribution in [0.15, 0.2) is 24.3 Å². The molecule has 29 heavy (non-hydrogen) atoms. The minimum atomic E-state index is -3.10. The van der Waals surface area contributed by atoms with Crippen molar-refractivity contribution in [2.24, 2.45) is 5.92 Å². The smallest absolute Gasteiger partial charge is 0.216 e. The maximum atomic E-state index is 12.3. The van der Waals surface area contributed by atoms with E-state index >= 15 is 0 Å². The molecule has 2 heterocycles. The van der Waals surface area contributed by atoms with Gasteiger partial charge >= 0.3 is 0 Å². The summed E-state index contributed by atoms with van der Waals surface area (Å²) in [5.41, 5.74) is 2.39. The van der Waals surface area contributed by atoms with Crippen LogP contribution in [0.3, 0.4) is 0 Å². The summed E-state index contributed by atoms with van der Waals surface area (Å²) >= 11 is 0. The van der Waals surface area contributed by atoms with Gasteiger partial charge in [0.1, 0.15) is 0 Å². The number of ether oxygens (including phenoxy) is 1. The van der Waals surface area contributed by atoms with Gasteiger partial charge < -0.3 is 15.0 Å². The summed E-state index contributed by atoms with van der Waals surface area (Å²) in [7, 11) is -3.10. The van der Waals surface area contributed by atoms with Crippen LogP contribution in [-0.2, 0) is 14.8 Å². The molecule has 2 atom stereocenters. The number of hydrogen-bond acceptors (Lipinski definition) is 5. The molecule has 0 saturated carbocycles. The molecule has 164 valence electrons. The van der Waals surface area contributed by atoms with E-state index in [0.29, 0.717) is 19.0 Å². The van der Waals surface area contributed by atoms with Crippen LogP contribution in [-0.4, -0.2) is 62.9 Å². The van der Waals surface area contributed by atoms with Gasteiger partial charge in [0.25, 0.3) is 0 Å². The van der Waals surface area contributed by atoms with Gasteiger partial charge in [-0.15, -0.1) is 0 Å². The monoisotopic (exact) mass is 423 g/mol. The first-order chi connectivity index (χ1) is 13.8. The molecule has 7 heteroatoms. The Bertz CT molecular complexity index is 733. The summed E-state index contributed by atoms with van der Waals surface area (Å²) in [6.07, 6.45) is 3.52. The average molecular weight is 424 g/mol. The predicted octanol–water partition coefficient (Wildman–Crippen LogP) is 3.55. The number of benzene rings is 1. The highest BCUT2D eigenvalue weighted by Gasteiger charge is 2.29. The third-order valence-corrected chi connectivity index (χ3v) is 8.34. The zero-order valence-corrected chi connectivity index (χ0v) is 19.1. The highest BCUT2D eigenvalue weighted by molar-refractivity contribution is 7.89. The SMILES string of the molecule is CC1CN(c2ccc(NCCC3CCN(S(=O)(=O)C(C)C)CC3)cc2)CC(C)O1. The van der Waals surface area contributed by atoms with E-state index in [1.807, 2.05) is 0 Å². The van der Waals surface area contributed by atoms with Gasteiger partial charge in [0.05, 0.1) is 17.5 Å². The first-order valence-corrected chi connectivity index (χ1v) is 12.5. The molecule has 6 nitrogen and oxygen atoms in total. The minimum absolute atomic E-state index is 0.262. The van der Waals surface area contributed by atoms with Crippen molar-refractivity contribution in [3.63, 3.8) is 0 Å². The third-order valence-electron chi connectivity index (χ3n) is 6.06. The molecule has 2 fully saturated rings. The molecular formula is C22H37N3O3S. The molecular weight excluding hydrogens is 386 g/mol. The van der Waals surface area contributed by atoms with E-state index in [0.717, 1.165) is 44.6 Å². The lowest BCUT2D eigenvalue weighted by atomic mass is 9.95. The Morgan fingerprint density at radius 2 is 1.66 bits per heavy atom. The quantitative estimate of drug-likeness (QED) is 0.727. The third kappa shape index (κ3) is 5.86. The van der Waals surface area contributed by atoms with Crippen molar-refractivity contribution in [2.45, 2.75) is 64.4 Å². The summed E-state index contributed by atoms with van der Waals surface area (Å²) in [6, 6.07) is 8.67. The Hall–Kier alpha value is -1.31. The normalized spacial score (nSPS) is 24.8. The van der Waals surface area contributed by atoms with Crippen LogP contribution < -0.4 is 10.2 Å². The van der Waals surface area contributed by atoms with E-state index in [4.69, 9.17) is 4.74 Å². The van der Waals surface area contributed by atoms with Gasteiger partial charge in [-0.3, -0.25) is 0 Å². The van der Waals surface area contributed by atoms with Crippen molar-refractivity contribution >= 4 is 21.4 Å². The lowest BCUT2D eigenvalue weighted by Gasteiger charge is -2.36. The topological polar surface area (TPSA) is 61.9 Å². The predicted molar refractivity (Wildman–Crippen MR) is 120 cm³/mol. The number of morpholine rings is 1. The Labute approximate surface area is 176 Å². The molecule has 1 aromatic rings. The Morgan fingerprint density at radius 3 is 2.21 bits per heavy atom. The standard InChI is InChI=1S/C22H37N3O3S/c1-17(2)29(26,27)25-13-10-20(11-14-25)9-12-23-21-5-7-22(8-6-21)24-15-18(3)28-19(4)16-24/h5-8,17-20,23H,9-16H2,1-4H3. The van der Waals surface area contributed by atoms with Crippen molar-refractivity contribution in [3.8, 4) is 0 Å². The molecule has 1 aromatic carbocycles. The lowest BCUT2D eigenvalue weighted by molar-refractivity contribution is -0.00521. The van der Waals surface area contributed by atoms with Crippen molar-refractivity contribution in [3.05, 3.63) is 24.3 Å². The van der Waals surface area contributed by atoms with Crippen molar-refractivity contribution in [2.75, 3.05) is 42.9 Å². The van der Waals surface area contributed by atoms with E-state index in [1.165, 1.54) is 5.69 Å². The van der Waals surface area contributed by atoms with Crippen molar-refractivity contribution in [1.29, 1.82) is 0 Å². The summed E-state index contributed by atoms with van der Waals surface area (Å²) in [5, 5.41) is 3.20. The fourth-order valence-electron chi connectivity index (χ4n) is 4.35. The van der Waals surface area contributed by atoms with Crippen molar-refractivity contribution in [1.82, 2.24) is 4.31 Å². The van der Waals surface area contributed by atoms with Gasteiger partial charge in [0.2, 0.25) is 10.0 Å². The molecule has 0 spiro atoms. The maximum absolute atomic E-state index is 12.3. The Morgan fingerprint density at radius 1 is 1.07 bits per heavy atom. The second kappa shape index (κ2) is 9.67. The van der Waals surface area contributed by atoms with Crippen LogP contribution >= 0.6 is 0 Å². The van der Waals surface area contributed by atoms with Gasteiger partial charge in [0.15, 0.2) is 0 Å². The Kier molecular flexibility index (Phi) is 7.46. The molecule has 0 aromatic heterocycles. The summed E-state index contributed by atoms with van der Waals surface area (Å²) < 4.78 is 32.0. The first-order valence-electron chi connectivity index (χ1n) is 11.0. The zero-order valence-electron chi connectivity index (χ0n) is 18.3. The molecule has 1 N–H and O–H groups in total. The van der Waals surface area contributed by atoms with Gasteiger partial charge in [-0.2, -0.15) is 0 Å². The highest BCUT2D eigenvalue weighted by Crippen LogP contribution is 2.25. The van der Waals surface area contributed by atoms with Crippen LogP contribution in [0.5, 0.6) is 0 Å². The first kappa shape index (κ1) is 22.4. The largest absolute Gasteiger partial charge is 0.385 e. The zero-order chi connectivity index (χ0) is 21.0. The van der Waals surface area contributed by atoms with E-state index in [-0.39, 0.29) is 17.5 Å². The minimum Gasteiger partial charge on any atom is -0.385 e. The van der Waals surface area contributed by atoms with E-state index in [9.17, 15) is 8.42 Å². The number of rotatable bonds is 7. The molecule has 2 aliphatic heterocycles. The lowest BCUT2D eigenvalue weighted by Crippen LogP contribution is -2.45. The molecule has 3 rings (SSSR count). The molecule has 0 aliphatic carbocycles. The summed E-state index contributed by atoms with van der Waals surface area (Å²) in [5.74, 6) is 0.594. The highest BCUT2D eigenvalue weighted by atomic mass is 32.2. The molecule has 0 bridgehead atoms. The fraction of sp³-hybridized carbons (Fsp3) is 0.727. The molecule has 2 aliphatic rings. The second-order valence-electron chi connectivity index (χ2n) is 8.86. The molecule has 2 saturated heterocycles. The van der Waals surface area contributed by atoms with Crippen LogP contribution in [0.4, 0.5) is 11.4 Å². The summed E-state index contributed by atoms with van der Waals surface area (Å²) in [6.45, 7) is 11.9. The molecule has 0 amide bonds. The van der Waals surface area contributed by atoms with E-state index in [1.54, 1.807) is 18.2 Å². The average Bonchev–Trinajstić information content (AvgIpc) is 2.68. The molecule has 0 radical (unpaired) electrons. The van der Waals surface area contributed by atoms with Crippen LogP contribution in [0.2, 0.25) is 0 Å². The number of piperidine rings is 1. The number of nitrogens with zero attached hydrogens (tertiary/aromatic N) is 2. The van der Waals surface area contributed by atoms with E-state index in [2.05, 4.69) is 48.3 Å². The van der Waals surface area contributed by atoms with Gasteiger partial charge in [0, 0.05) is 44.1 Å². The molecule has 2 unspecified atom stereocenters. The maximum Gasteiger partial charge on any atom is 0.216 e. The number of anilines is 2. The number of nitrogens with one attached hydrogen (secondary N) is 1. The number of hydrogen-bond donors (Lipinski definition) is 1. The van der Waals surface area contributed by atoms with E-state index < -0.39 is 10.0 Å².